The predicted octanol–water partition coefficient (Wildman–Crippen LogP) is 4.22. The Bertz CT molecular complexity index is 466. The van der Waals surface area contributed by atoms with Gasteiger partial charge in [0.25, 0.3) is 0 Å². The van der Waals surface area contributed by atoms with E-state index in [-0.39, 0.29) is 11.6 Å². The van der Waals surface area contributed by atoms with Crippen molar-refractivity contribution in [2.24, 2.45) is 5.92 Å². The molecule has 3 nitrogen and oxygen atoms in total. The summed E-state index contributed by atoms with van der Waals surface area (Å²) in [6, 6.07) is 0. The van der Waals surface area contributed by atoms with Crippen molar-refractivity contribution in [2.75, 3.05) is 18.8 Å². The molecule has 0 amide bonds. The summed E-state index contributed by atoms with van der Waals surface area (Å²) in [5.41, 5.74) is 1.64. The quantitative estimate of drug-likeness (QED) is 0.622. The average Bonchev–Trinajstić information content (AvgIpc) is 3.01. The first kappa shape index (κ1) is 18.6. The Morgan fingerprint density at radius 1 is 1.26 bits per heavy atom. The second kappa shape index (κ2) is 8.91. The fourth-order valence-corrected chi connectivity index (χ4v) is 4.88. The maximum absolute atomic E-state index is 12.7. The fraction of sp³-hybridized carbons (Fsp3) is 0.789. The smallest absolute Gasteiger partial charge is 0.168 e. The largest absolute Gasteiger partial charge is 0.374 e. The summed E-state index contributed by atoms with van der Waals surface area (Å²) in [7, 11) is 0. The number of Topliss-reactive ketones (excluding diaryl/α,β-unsaturated/α-hetero) is 2. The number of carbonyl (C=O) groups is 2. The van der Waals surface area contributed by atoms with Gasteiger partial charge >= 0.3 is 0 Å². The molecule has 0 bridgehead atoms. The molecule has 1 heterocycles. The minimum absolute atomic E-state index is 0.0776. The van der Waals surface area contributed by atoms with Gasteiger partial charge in [-0.15, -0.1) is 0 Å². The van der Waals surface area contributed by atoms with Crippen molar-refractivity contribution in [1.29, 1.82) is 0 Å². The highest BCUT2D eigenvalue weighted by Crippen LogP contribution is 2.36. The first-order chi connectivity index (χ1) is 11.1. The molecule has 0 aromatic carbocycles. The lowest BCUT2D eigenvalue weighted by molar-refractivity contribution is -0.122. The normalized spacial score (nSPS) is 23.5. The number of carbonyl (C=O) groups excluding carboxylic acids is 2. The van der Waals surface area contributed by atoms with Crippen LogP contribution in [0.4, 0.5) is 0 Å². The zero-order chi connectivity index (χ0) is 16.8. The second-order valence-corrected chi connectivity index (χ2v) is 8.60. The molecule has 23 heavy (non-hydrogen) atoms. The highest BCUT2D eigenvalue weighted by Gasteiger charge is 2.34. The zero-order valence-corrected chi connectivity index (χ0v) is 15.7. The molecule has 0 radical (unpaired) electrons. The Hall–Kier alpha value is -0.770. The Morgan fingerprint density at radius 3 is 2.57 bits per heavy atom. The molecule has 2 rings (SSSR count). The van der Waals surface area contributed by atoms with Crippen LogP contribution in [0.15, 0.2) is 11.3 Å². The van der Waals surface area contributed by atoms with E-state index in [1.54, 1.807) is 0 Å². The molecule has 2 atom stereocenters. The van der Waals surface area contributed by atoms with Gasteiger partial charge in [-0.2, -0.15) is 11.8 Å². The molecule has 130 valence electrons. The van der Waals surface area contributed by atoms with Crippen LogP contribution in [0.1, 0.15) is 65.7 Å². The molecule has 2 aliphatic rings. The third-order valence-electron chi connectivity index (χ3n) is 4.88. The predicted molar refractivity (Wildman–Crippen MR) is 97.7 cm³/mol. The third kappa shape index (κ3) is 4.85. The van der Waals surface area contributed by atoms with E-state index in [9.17, 15) is 9.59 Å². The Balaban J connectivity index is 2.19. The molecule has 0 saturated carbocycles. The molecule has 0 aromatic rings. The lowest BCUT2D eigenvalue weighted by atomic mass is 9.81. The van der Waals surface area contributed by atoms with Gasteiger partial charge in [-0.05, 0) is 43.8 Å². The van der Waals surface area contributed by atoms with Crippen molar-refractivity contribution in [3.8, 4) is 0 Å². The molecule has 1 saturated heterocycles. The Labute approximate surface area is 145 Å². The van der Waals surface area contributed by atoms with Crippen LogP contribution in [0.3, 0.4) is 0 Å². The summed E-state index contributed by atoms with van der Waals surface area (Å²) in [5.74, 6) is 1.71. The number of allylic oxidation sites excluding steroid dienone is 2. The molecular weight excluding hydrogens is 306 g/mol. The van der Waals surface area contributed by atoms with Crippen molar-refractivity contribution in [3.05, 3.63) is 11.3 Å². The van der Waals surface area contributed by atoms with Crippen LogP contribution >= 0.6 is 11.8 Å². The van der Waals surface area contributed by atoms with Crippen LogP contribution in [-0.2, 0) is 9.59 Å². The molecule has 0 unspecified atom stereocenters. The summed E-state index contributed by atoms with van der Waals surface area (Å²) >= 11 is 1.97. The van der Waals surface area contributed by atoms with E-state index in [1.807, 2.05) is 18.7 Å². The summed E-state index contributed by atoms with van der Waals surface area (Å²) in [5, 5.41) is 0.588. The first-order valence-corrected chi connectivity index (χ1v) is 10.3. The SMILES string of the molecule is CCCC(=O)C1=C(N2CCCC2)C[C@H](C[C@@H](C)SCC)CC1=O. The number of rotatable bonds is 8. The number of ketones is 2. The van der Waals surface area contributed by atoms with Crippen molar-refractivity contribution in [1.82, 2.24) is 4.90 Å². The van der Waals surface area contributed by atoms with Crippen molar-refractivity contribution < 1.29 is 9.59 Å². The molecular formula is C19H31NO2S. The van der Waals surface area contributed by atoms with E-state index in [0.717, 1.165) is 43.8 Å². The highest BCUT2D eigenvalue weighted by atomic mass is 32.2. The zero-order valence-electron chi connectivity index (χ0n) is 14.9. The van der Waals surface area contributed by atoms with Crippen LogP contribution in [0.25, 0.3) is 0 Å². The van der Waals surface area contributed by atoms with E-state index in [1.165, 1.54) is 12.8 Å². The van der Waals surface area contributed by atoms with E-state index in [4.69, 9.17) is 0 Å². The van der Waals surface area contributed by atoms with Crippen LogP contribution in [0.5, 0.6) is 0 Å². The Kier molecular flexibility index (Phi) is 7.19. The van der Waals surface area contributed by atoms with Gasteiger partial charge in [0.2, 0.25) is 0 Å². The molecule has 1 fully saturated rings. The molecule has 4 heteroatoms. The fourth-order valence-electron chi connectivity index (χ4n) is 3.90. The van der Waals surface area contributed by atoms with E-state index in [2.05, 4.69) is 18.7 Å². The maximum atomic E-state index is 12.7. The number of thioether (sulfide) groups is 1. The number of nitrogens with zero attached hydrogens (tertiary/aromatic N) is 1. The minimum Gasteiger partial charge on any atom is -0.374 e. The monoisotopic (exact) mass is 337 g/mol. The van der Waals surface area contributed by atoms with Crippen LogP contribution in [0, 0.1) is 5.92 Å². The van der Waals surface area contributed by atoms with Gasteiger partial charge in [-0.3, -0.25) is 9.59 Å². The van der Waals surface area contributed by atoms with Gasteiger partial charge in [0.05, 0.1) is 5.57 Å². The Morgan fingerprint density at radius 2 is 1.96 bits per heavy atom. The van der Waals surface area contributed by atoms with E-state index >= 15 is 0 Å². The number of hydrogen-bond donors (Lipinski definition) is 0. The highest BCUT2D eigenvalue weighted by molar-refractivity contribution is 7.99. The minimum atomic E-state index is 0.0776. The molecule has 1 aliphatic heterocycles. The van der Waals surface area contributed by atoms with Crippen molar-refractivity contribution >= 4 is 23.3 Å². The molecule has 0 N–H and O–H groups in total. The van der Waals surface area contributed by atoms with Crippen molar-refractivity contribution in [2.45, 2.75) is 71.0 Å². The number of likely N-dealkylation sites (tertiary alicyclic amines) is 1. The van der Waals surface area contributed by atoms with Crippen LogP contribution in [0.2, 0.25) is 0 Å². The van der Waals surface area contributed by atoms with Gasteiger partial charge in [-0.25, -0.2) is 0 Å². The average molecular weight is 338 g/mol. The van der Waals surface area contributed by atoms with Gasteiger partial charge in [-0.1, -0.05) is 20.8 Å². The first-order valence-electron chi connectivity index (χ1n) is 9.22. The van der Waals surface area contributed by atoms with Gasteiger partial charge in [0, 0.05) is 36.9 Å². The second-order valence-electron chi connectivity index (χ2n) is 6.89. The molecule has 0 spiro atoms. The molecule has 0 aromatic heterocycles. The van der Waals surface area contributed by atoms with Gasteiger partial charge in [0.1, 0.15) is 0 Å². The summed E-state index contributed by atoms with van der Waals surface area (Å²) in [4.78, 5) is 27.5. The van der Waals surface area contributed by atoms with Crippen molar-refractivity contribution in [3.63, 3.8) is 0 Å². The van der Waals surface area contributed by atoms with Gasteiger partial charge < -0.3 is 4.90 Å². The molecule has 1 aliphatic carbocycles. The summed E-state index contributed by atoms with van der Waals surface area (Å²) in [6.45, 7) is 8.47. The lowest BCUT2D eigenvalue weighted by Crippen LogP contribution is -2.33. The van der Waals surface area contributed by atoms with Crippen LogP contribution in [-0.4, -0.2) is 40.6 Å². The lowest BCUT2D eigenvalue weighted by Gasteiger charge is -2.33. The third-order valence-corrected chi connectivity index (χ3v) is 5.98. The standard InChI is InChI=1S/C19H31NO2S/c1-4-8-17(21)19-16(20-9-6-7-10-20)12-15(13-18(19)22)11-14(3)23-5-2/h14-15H,4-13H2,1-3H3/t14-,15+/m1/s1. The summed E-state index contributed by atoms with van der Waals surface area (Å²) in [6.07, 6.45) is 6.25. The van der Waals surface area contributed by atoms with Crippen LogP contribution < -0.4 is 0 Å². The van der Waals surface area contributed by atoms with E-state index in [0.29, 0.717) is 29.6 Å². The summed E-state index contributed by atoms with van der Waals surface area (Å²) < 4.78 is 0. The van der Waals surface area contributed by atoms with Gasteiger partial charge in [0.15, 0.2) is 11.6 Å². The van der Waals surface area contributed by atoms with E-state index < -0.39 is 0 Å². The maximum Gasteiger partial charge on any atom is 0.168 e. The topological polar surface area (TPSA) is 37.4 Å². The number of hydrogen-bond acceptors (Lipinski definition) is 4.